The fourth-order valence-electron chi connectivity index (χ4n) is 2.62. The zero-order valence-corrected chi connectivity index (χ0v) is 10.4. The van der Waals surface area contributed by atoms with Crippen molar-refractivity contribution >= 4 is 6.09 Å². The van der Waals surface area contributed by atoms with Crippen LogP contribution < -0.4 is 10.6 Å². The minimum Gasteiger partial charge on any atom is -0.444 e. The molecule has 4 heteroatoms. The first-order valence-electron chi connectivity index (χ1n) is 6.17. The maximum atomic E-state index is 11.6. The number of nitrogens with one attached hydrogen (secondary N) is 2. The van der Waals surface area contributed by atoms with Crippen LogP contribution in [0.5, 0.6) is 0 Å². The number of carbonyl (C=O) groups is 1. The quantitative estimate of drug-likeness (QED) is 0.715. The number of carbonyl (C=O) groups excluding carboxylic acids is 1. The third kappa shape index (κ3) is 2.88. The molecule has 2 N–H and O–H groups in total. The van der Waals surface area contributed by atoms with E-state index in [0.29, 0.717) is 18.0 Å². The van der Waals surface area contributed by atoms with Crippen LogP contribution in [0.3, 0.4) is 0 Å². The van der Waals surface area contributed by atoms with Crippen molar-refractivity contribution in [2.24, 2.45) is 5.92 Å². The number of rotatable bonds is 1. The van der Waals surface area contributed by atoms with Crippen LogP contribution in [-0.4, -0.2) is 30.3 Å². The molecular weight excluding hydrogens is 204 g/mol. The van der Waals surface area contributed by atoms with Crippen LogP contribution in [0, 0.1) is 5.92 Å². The van der Waals surface area contributed by atoms with E-state index in [2.05, 4.69) is 10.6 Å². The van der Waals surface area contributed by atoms with Gasteiger partial charge in [0.2, 0.25) is 0 Å². The first kappa shape index (κ1) is 11.7. The first-order chi connectivity index (χ1) is 7.44. The number of hydrogen-bond acceptors (Lipinski definition) is 3. The van der Waals surface area contributed by atoms with Gasteiger partial charge in [0.25, 0.3) is 0 Å². The Bertz CT molecular complexity index is 265. The molecule has 1 amide bonds. The lowest BCUT2D eigenvalue weighted by Crippen LogP contribution is -2.57. The lowest BCUT2D eigenvalue weighted by molar-refractivity contribution is 0.0432. The fraction of sp³-hybridized carbons (Fsp3) is 0.917. The maximum absolute atomic E-state index is 11.6. The molecule has 1 aliphatic carbocycles. The Kier molecular flexibility index (Phi) is 3.10. The van der Waals surface area contributed by atoms with Crippen molar-refractivity contribution in [3.05, 3.63) is 0 Å². The van der Waals surface area contributed by atoms with Gasteiger partial charge < -0.3 is 15.4 Å². The Morgan fingerprint density at radius 2 is 2.12 bits per heavy atom. The zero-order valence-electron chi connectivity index (χ0n) is 10.4. The molecule has 0 spiro atoms. The minimum atomic E-state index is -0.407. The highest BCUT2D eigenvalue weighted by molar-refractivity contribution is 5.68. The molecule has 0 aromatic heterocycles. The van der Waals surface area contributed by atoms with E-state index in [4.69, 9.17) is 4.74 Å². The lowest BCUT2D eigenvalue weighted by Gasteiger charge is -2.43. The molecule has 4 nitrogen and oxygen atoms in total. The molecule has 1 saturated carbocycles. The van der Waals surface area contributed by atoms with Gasteiger partial charge >= 0.3 is 6.09 Å². The molecule has 3 fully saturated rings. The monoisotopic (exact) mass is 226 g/mol. The smallest absolute Gasteiger partial charge is 0.407 e. The summed E-state index contributed by atoms with van der Waals surface area (Å²) in [6, 6.07) is 0.889. The molecule has 3 rings (SSSR count). The van der Waals surface area contributed by atoms with Gasteiger partial charge in [-0.15, -0.1) is 0 Å². The summed E-state index contributed by atoms with van der Waals surface area (Å²) in [7, 11) is 0. The van der Waals surface area contributed by atoms with Crippen LogP contribution in [0.4, 0.5) is 4.79 Å². The molecular formula is C12H22N2O2. The van der Waals surface area contributed by atoms with Crippen LogP contribution in [0.1, 0.15) is 40.0 Å². The standard InChI is InChI=1S/C12H22N2O2/c1-12(2,3)16-11(15)14-10-6-9-5-4-8(10)7-13-9/h8-10,13H,4-7H2,1-3H3,(H,14,15). The molecule has 16 heavy (non-hydrogen) atoms. The highest BCUT2D eigenvalue weighted by Crippen LogP contribution is 2.29. The molecule has 2 aliphatic heterocycles. The van der Waals surface area contributed by atoms with Crippen molar-refractivity contribution in [2.45, 2.75) is 57.7 Å². The number of ether oxygens (including phenoxy) is 1. The third-order valence-corrected chi connectivity index (χ3v) is 3.36. The molecule has 0 aromatic rings. The van der Waals surface area contributed by atoms with Gasteiger partial charge in [-0.05, 0) is 46.0 Å². The molecule has 0 radical (unpaired) electrons. The molecule has 3 unspecified atom stereocenters. The number of hydrogen-bond donors (Lipinski definition) is 2. The Morgan fingerprint density at radius 1 is 1.38 bits per heavy atom. The van der Waals surface area contributed by atoms with Crippen molar-refractivity contribution < 1.29 is 9.53 Å². The van der Waals surface area contributed by atoms with Gasteiger partial charge in [0.15, 0.2) is 0 Å². The highest BCUT2D eigenvalue weighted by atomic mass is 16.6. The van der Waals surface area contributed by atoms with Crippen LogP contribution >= 0.6 is 0 Å². The van der Waals surface area contributed by atoms with Crippen molar-refractivity contribution in [1.29, 1.82) is 0 Å². The summed E-state index contributed by atoms with van der Waals surface area (Å²) >= 11 is 0. The Labute approximate surface area is 97.1 Å². The summed E-state index contributed by atoms with van der Waals surface area (Å²) in [5, 5.41) is 6.48. The highest BCUT2D eigenvalue weighted by Gasteiger charge is 2.36. The molecule has 0 aromatic carbocycles. The number of amides is 1. The predicted molar refractivity (Wildman–Crippen MR) is 62.3 cm³/mol. The summed E-state index contributed by atoms with van der Waals surface area (Å²) in [6.45, 7) is 6.70. The van der Waals surface area contributed by atoms with Crippen LogP contribution in [-0.2, 0) is 4.74 Å². The van der Waals surface area contributed by atoms with E-state index in [1.807, 2.05) is 20.8 Å². The molecule has 2 saturated heterocycles. The second-order valence-electron chi connectivity index (χ2n) is 5.93. The summed E-state index contributed by atoms with van der Waals surface area (Å²) in [5.74, 6) is 0.581. The number of piperidine rings is 2. The predicted octanol–water partition coefficient (Wildman–Crippen LogP) is 1.65. The summed E-state index contributed by atoms with van der Waals surface area (Å²) in [5.41, 5.74) is -0.407. The Morgan fingerprint density at radius 3 is 2.56 bits per heavy atom. The average molecular weight is 226 g/mol. The van der Waals surface area contributed by atoms with Gasteiger partial charge in [-0.1, -0.05) is 0 Å². The van der Waals surface area contributed by atoms with Crippen molar-refractivity contribution in [1.82, 2.24) is 10.6 Å². The van der Waals surface area contributed by atoms with E-state index in [-0.39, 0.29) is 6.09 Å². The van der Waals surface area contributed by atoms with Gasteiger partial charge in [-0.25, -0.2) is 4.79 Å². The SMILES string of the molecule is CC(C)(C)OC(=O)NC1CC2CCC1CN2. The van der Waals surface area contributed by atoms with Gasteiger partial charge in [0.1, 0.15) is 5.60 Å². The van der Waals surface area contributed by atoms with Gasteiger partial charge in [-0.2, -0.15) is 0 Å². The van der Waals surface area contributed by atoms with Gasteiger partial charge in [0.05, 0.1) is 0 Å². The molecule has 2 bridgehead atoms. The third-order valence-electron chi connectivity index (χ3n) is 3.36. The molecule has 2 heterocycles. The summed E-state index contributed by atoms with van der Waals surface area (Å²) in [4.78, 5) is 11.6. The second kappa shape index (κ2) is 4.24. The summed E-state index contributed by atoms with van der Waals surface area (Å²) in [6.07, 6.45) is 3.24. The van der Waals surface area contributed by atoms with Crippen LogP contribution in [0.25, 0.3) is 0 Å². The molecule has 3 aliphatic rings. The number of fused-ring (bicyclic) bond motifs is 3. The first-order valence-corrected chi connectivity index (χ1v) is 6.17. The van der Waals surface area contributed by atoms with E-state index >= 15 is 0 Å². The fourth-order valence-corrected chi connectivity index (χ4v) is 2.62. The Hall–Kier alpha value is -0.770. The average Bonchev–Trinajstić information content (AvgIpc) is 2.16. The number of alkyl carbamates (subject to hydrolysis) is 1. The topological polar surface area (TPSA) is 50.4 Å². The largest absolute Gasteiger partial charge is 0.444 e. The zero-order chi connectivity index (χ0) is 11.8. The normalized spacial score (nSPS) is 33.6. The molecule has 92 valence electrons. The minimum absolute atomic E-state index is 0.273. The lowest BCUT2D eigenvalue weighted by atomic mass is 9.77. The molecule has 3 atom stereocenters. The summed E-state index contributed by atoms with van der Waals surface area (Å²) < 4.78 is 5.28. The van der Waals surface area contributed by atoms with Gasteiger partial charge in [-0.3, -0.25) is 0 Å². The van der Waals surface area contributed by atoms with E-state index in [0.717, 1.165) is 13.0 Å². The second-order valence-corrected chi connectivity index (χ2v) is 5.93. The van der Waals surface area contributed by atoms with Crippen LogP contribution in [0.2, 0.25) is 0 Å². The van der Waals surface area contributed by atoms with Crippen molar-refractivity contribution in [2.75, 3.05) is 6.54 Å². The van der Waals surface area contributed by atoms with E-state index < -0.39 is 5.60 Å². The maximum Gasteiger partial charge on any atom is 0.407 e. The van der Waals surface area contributed by atoms with E-state index in [1.165, 1.54) is 12.8 Å². The van der Waals surface area contributed by atoms with E-state index in [9.17, 15) is 4.79 Å². The van der Waals surface area contributed by atoms with Crippen LogP contribution in [0.15, 0.2) is 0 Å². The Balaban J connectivity index is 1.83. The van der Waals surface area contributed by atoms with Crippen molar-refractivity contribution in [3.8, 4) is 0 Å². The van der Waals surface area contributed by atoms with Gasteiger partial charge in [0, 0.05) is 18.6 Å². The van der Waals surface area contributed by atoms with Crippen molar-refractivity contribution in [3.63, 3.8) is 0 Å². The van der Waals surface area contributed by atoms with E-state index in [1.54, 1.807) is 0 Å².